The number of fused-ring (bicyclic) bond motifs is 1. The number of Topliss-reactive ketones (excluding diaryl/α,β-unsaturated/α-hetero) is 1. The van der Waals surface area contributed by atoms with Crippen molar-refractivity contribution in [1.82, 2.24) is 0 Å². The van der Waals surface area contributed by atoms with Crippen LogP contribution in [0, 0.1) is 0 Å². The summed E-state index contributed by atoms with van der Waals surface area (Å²) < 4.78 is 10.2. The van der Waals surface area contributed by atoms with E-state index >= 15 is 0 Å². The molecule has 0 aliphatic rings. The maximum atomic E-state index is 12.1. The molecular formula is C16H18O4. The molecule has 0 radical (unpaired) electrons. The SMILES string of the molecule is CCOC(=O)CCCCC(=O)c1coc2ccccc12. The zero-order chi connectivity index (χ0) is 14.4. The fourth-order valence-corrected chi connectivity index (χ4v) is 2.12. The van der Waals surface area contributed by atoms with Crippen molar-refractivity contribution in [2.24, 2.45) is 0 Å². The lowest BCUT2D eigenvalue weighted by Crippen LogP contribution is -2.04. The first-order chi connectivity index (χ1) is 9.72. The number of unbranched alkanes of at least 4 members (excludes halogenated alkanes) is 1. The fraction of sp³-hybridized carbons (Fsp3) is 0.375. The van der Waals surface area contributed by atoms with Crippen LogP contribution < -0.4 is 0 Å². The molecule has 0 aliphatic heterocycles. The molecular weight excluding hydrogens is 256 g/mol. The summed E-state index contributed by atoms with van der Waals surface area (Å²) in [6, 6.07) is 7.48. The normalized spacial score (nSPS) is 10.7. The van der Waals surface area contributed by atoms with Gasteiger partial charge in [0.1, 0.15) is 11.8 Å². The van der Waals surface area contributed by atoms with Gasteiger partial charge in [-0.15, -0.1) is 0 Å². The van der Waals surface area contributed by atoms with Crippen molar-refractivity contribution < 1.29 is 18.7 Å². The topological polar surface area (TPSA) is 56.5 Å². The van der Waals surface area contributed by atoms with Crippen LogP contribution in [0.25, 0.3) is 11.0 Å². The van der Waals surface area contributed by atoms with Crippen molar-refractivity contribution in [1.29, 1.82) is 0 Å². The van der Waals surface area contributed by atoms with Gasteiger partial charge in [-0.25, -0.2) is 0 Å². The average molecular weight is 274 g/mol. The molecule has 1 aromatic carbocycles. The summed E-state index contributed by atoms with van der Waals surface area (Å²) in [5.41, 5.74) is 1.35. The van der Waals surface area contributed by atoms with Crippen molar-refractivity contribution in [3.05, 3.63) is 36.1 Å². The van der Waals surface area contributed by atoms with Crippen LogP contribution >= 0.6 is 0 Å². The van der Waals surface area contributed by atoms with Gasteiger partial charge in [-0.05, 0) is 25.8 Å². The van der Waals surface area contributed by atoms with Gasteiger partial charge in [0.25, 0.3) is 0 Å². The van der Waals surface area contributed by atoms with Crippen molar-refractivity contribution in [3.63, 3.8) is 0 Å². The number of hydrogen-bond donors (Lipinski definition) is 0. The molecule has 2 aromatic rings. The number of furan rings is 1. The molecule has 2 rings (SSSR count). The Labute approximate surface area is 117 Å². The molecule has 0 saturated carbocycles. The fourth-order valence-electron chi connectivity index (χ4n) is 2.12. The lowest BCUT2D eigenvalue weighted by molar-refractivity contribution is -0.143. The molecule has 4 heteroatoms. The average Bonchev–Trinajstić information content (AvgIpc) is 2.87. The van der Waals surface area contributed by atoms with Crippen LogP contribution in [-0.2, 0) is 9.53 Å². The van der Waals surface area contributed by atoms with Crippen LogP contribution in [-0.4, -0.2) is 18.4 Å². The first-order valence-corrected chi connectivity index (χ1v) is 6.87. The van der Waals surface area contributed by atoms with E-state index in [0.717, 1.165) is 11.0 Å². The van der Waals surface area contributed by atoms with Gasteiger partial charge in [-0.1, -0.05) is 18.2 Å². The molecule has 0 aliphatic carbocycles. The Morgan fingerprint density at radius 2 is 1.90 bits per heavy atom. The highest BCUT2D eigenvalue weighted by atomic mass is 16.5. The quantitative estimate of drug-likeness (QED) is 0.438. The molecule has 1 aromatic heterocycles. The van der Waals surface area contributed by atoms with Crippen LogP contribution in [0.5, 0.6) is 0 Å². The Balaban J connectivity index is 1.85. The third kappa shape index (κ3) is 3.47. The second-order valence-electron chi connectivity index (χ2n) is 4.58. The molecule has 0 N–H and O–H groups in total. The molecule has 0 saturated heterocycles. The summed E-state index contributed by atoms with van der Waals surface area (Å²) in [6.45, 7) is 2.18. The number of rotatable bonds is 7. The highest BCUT2D eigenvalue weighted by Crippen LogP contribution is 2.22. The number of benzene rings is 1. The Kier molecular flexibility index (Phi) is 4.93. The lowest BCUT2D eigenvalue weighted by Gasteiger charge is -2.01. The van der Waals surface area contributed by atoms with E-state index in [-0.39, 0.29) is 11.8 Å². The molecule has 0 spiro atoms. The minimum absolute atomic E-state index is 0.0545. The van der Waals surface area contributed by atoms with Gasteiger partial charge in [0.05, 0.1) is 12.2 Å². The molecule has 0 unspecified atom stereocenters. The molecule has 20 heavy (non-hydrogen) atoms. The van der Waals surface area contributed by atoms with E-state index in [1.165, 1.54) is 6.26 Å². The smallest absolute Gasteiger partial charge is 0.305 e. The van der Waals surface area contributed by atoms with E-state index in [1.807, 2.05) is 24.3 Å². The summed E-state index contributed by atoms with van der Waals surface area (Å²) in [5.74, 6) is -0.146. The van der Waals surface area contributed by atoms with Crippen LogP contribution in [0.1, 0.15) is 43.0 Å². The van der Waals surface area contributed by atoms with E-state index < -0.39 is 0 Å². The van der Waals surface area contributed by atoms with Crippen molar-refractivity contribution in [3.8, 4) is 0 Å². The molecule has 1 heterocycles. The van der Waals surface area contributed by atoms with E-state index in [2.05, 4.69) is 0 Å². The van der Waals surface area contributed by atoms with E-state index in [4.69, 9.17) is 9.15 Å². The summed E-state index contributed by atoms with van der Waals surface area (Å²) in [6.07, 6.45) is 3.64. The number of carbonyl (C=O) groups is 2. The Morgan fingerprint density at radius 1 is 1.15 bits per heavy atom. The predicted molar refractivity (Wildman–Crippen MR) is 75.6 cm³/mol. The molecule has 106 valence electrons. The van der Waals surface area contributed by atoms with Crippen molar-refractivity contribution in [2.75, 3.05) is 6.61 Å². The predicted octanol–water partition coefficient (Wildman–Crippen LogP) is 3.74. The molecule has 0 bridgehead atoms. The zero-order valence-electron chi connectivity index (χ0n) is 11.6. The first-order valence-electron chi connectivity index (χ1n) is 6.87. The van der Waals surface area contributed by atoms with Gasteiger partial charge in [-0.3, -0.25) is 9.59 Å². The van der Waals surface area contributed by atoms with Gasteiger partial charge in [-0.2, -0.15) is 0 Å². The van der Waals surface area contributed by atoms with Gasteiger partial charge in [0.2, 0.25) is 0 Å². The summed E-state index contributed by atoms with van der Waals surface area (Å²) in [5, 5.41) is 0.850. The highest BCUT2D eigenvalue weighted by Gasteiger charge is 2.13. The number of hydrogen-bond acceptors (Lipinski definition) is 4. The van der Waals surface area contributed by atoms with Gasteiger partial charge in [0, 0.05) is 18.2 Å². The van der Waals surface area contributed by atoms with Crippen molar-refractivity contribution >= 4 is 22.7 Å². The van der Waals surface area contributed by atoms with Gasteiger partial charge in [0.15, 0.2) is 5.78 Å². The highest BCUT2D eigenvalue weighted by molar-refractivity contribution is 6.07. The third-order valence-corrected chi connectivity index (χ3v) is 3.12. The van der Waals surface area contributed by atoms with Crippen LogP contribution in [0.3, 0.4) is 0 Å². The molecule has 0 amide bonds. The minimum atomic E-state index is -0.200. The van der Waals surface area contributed by atoms with Gasteiger partial charge >= 0.3 is 5.97 Å². The Bertz CT molecular complexity index is 597. The second kappa shape index (κ2) is 6.89. The largest absolute Gasteiger partial charge is 0.466 e. The van der Waals surface area contributed by atoms with E-state index in [1.54, 1.807) is 6.92 Å². The minimum Gasteiger partial charge on any atom is -0.466 e. The van der Waals surface area contributed by atoms with Gasteiger partial charge < -0.3 is 9.15 Å². The number of carbonyl (C=O) groups excluding carboxylic acids is 2. The monoisotopic (exact) mass is 274 g/mol. The van der Waals surface area contributed by atoms with E-state index in [9.17, 15) is 9.59 Å². The number of para-hydroxylation sites is 1. The summed E-state index contributed by atoms with van der Waals surface area (Å²) in [7, 11) is 0. The number of ketones is 1. The summed E-state index contributed by atoms with van der Waals surface area (Å²) in [4.78, 5) is 23.3. The molecule has 0 fully saturated rings. The van der Waals surface area contributed by atoms with E-state index in [0.29, 0.717) is 37.9 Å². The summed E-state index contributed by atoms with van der Waals surface area (Å²) >= 11 is 0. The van der Waals surface area contributed by atoms with Crippen LogP contribution in [0.15, 0.2) is 34.9 Å². The first kappa shape index (κ1) is 14.3. The Morgan fingerprint density at radius 3 is 2.70 bits per heavy atom. The van der Waals surface area contributed by atoms with Crippen LogP contribution in [0.2, 0.25) is 0 Å². The maximum Gasteiger partial charge on any atom is 0.305 e. The Hall–Kier alpha value is -2.10. The third-order valence-electron chi connectivity index (χ3n) is 3.12. The standard InChI is InChI=1S/C16H18O4/c1-2-19-16(18)10-6-4-8-14(17)13-11-20-15-9-5-3-7-12(13)15/h3,5,7,9,11H,2,4,6,8,10H2,1H3. The number of esters is 1. The number of ether oxygens (including phenoxy) is 1. The second-order valence-corrected chi connectivity index (χ2v) is 4.58. The molecule has 0 atom stereocenters. The van der Waals surface area contributed by atoms with Crippen LogP contribution in [0.4, 0.5) is 0 Å². The van der Waals surface area contributed by atoms with Crippen molar-refractivity contribution in [2.45, 2.75) is 32.6 Å². The lowest BCUT2D eigenvalue weighted by atomic mass is 10.0. The molecule has 4 nitrogen and oxygen atoms in total. The zero-order valence-corrected chi connectivity index (χ0v) is 11.6. The maximum absolute atomic E-state index is 12.1.